The minimum atomic E-state index is -0.479. The van der Waals surface area contributed by atoms with Crippen molar-refractivity contribution in [2.45, 2.75) is 27.4 Å². The zero-order valence-corrected chi connectivity index (χ0v) is 13.1. The molecule has 0 amide bonds. The van der Waals surface area contributed by atoms with E-state index < -0.39 is 11.9 Å². The maximum Gasteiger partial charge on any atom is 0.341 e. The second-order valence-electron chi connectivity index (χ2n) is 5.05. The third kappa shape index (κ3) is 3.36. The van der Waals surface area contributed by atoms with Crippen LogP contribution in [0.1, 0.15) is 43.4 Å². The molecule has 5 nitrogen and oxygen atoms in total. The molecule has 0 saturated heterocycles. The molecule has 0 unspecified atom stereocenters. The van der Waals surface area contributed by atoms with Gasteiger partial charge in [0, 0.05) is 0 Å². The number of aryl methyl sites for hydroxylation is 3. The van der Waals surface area contributed by atoms with Gasteiger partial charge in [-0.1, -0.05) is 6.07 Å². The molecule has 0 saturated carbocycles. The van der Waals surface area contributed by atoms with Gasteiger partial charge in [-0.15, -0.1) is 0 Å². The summed E-state index contributed by atoms with van der Waals surface area (Å²) in [5, 5.41) is 0. The van der Waals surface area contributed by atoms with E-state index >= 15 is 0 Å². The summed E-state index contributed by atoms with van der Waals surface area (Å²) in [6.07, 6.45) is 0. The molecule has 0 N–H and O–H groups in total. The van der Waals surface area contributed by atoms with Crippen molar-refractivity contribution in [1.82, 2.24) is 0 Å². The van der Waals surface area contributed by atoms with E-state index in [9.17, 15) is 9.59 Å². The van der Waals surface area contributed by atoms with Crippen LogP contribution in [-0.2, 0) is 16.1 Å². The van der Waals surface area contributed by atoms with E-state index in [0.717, 1.165) is 11.1 Å². The molecule has 0 bridgehead atoms. The van der Waals surface area contributed by atoms with Crippen LogP contribution in [0.2, 0.25) is 0 Å². The van der Waals surface area contributed by atoms with Crippen molar-refractivity contribution in [2.75, 3.05) is 7.11 Å². The second kappa shape index (κ2) is 6.47. The quantitative estimate of drug-likeness (QED) is 0.810. The smallest absolute Gasteiger partial charge is 0.341 e. The van der Waals surface area contributed by atoms with Crippen molar-refractivity contribution < 1.29 is 23.5 Å². The van der Waals surface area contributed by atoms with Crippen molar-refractivity contribution in [3.05, 3.63) is 58.0 Å². The zero-order valence-electron chi connectivity index (χ0n) is 13.1. The van der Waals surface area contributed by atoms with Crippen LogP contribution in [0.5, 0.6) is 0 Å². The first-order valence-electron chi connectivity index (χ1n) is 6.84. The lowest BCUT2D eigenvalue weighted by Gasteiger charge is -2.05. The molecule has 1 heterocycles. The van der Waals surface area contributed by atoms with Gasteiger partial charge >= 0.3 is 11.9 Å². The number of benzene rings is 1. The third-order valence-corrected chi connectivity index (χ3v) is 3.46. The number of esters is 2. The maximum atomic E-state index is 12.0. The van der Waals surface area contributed by atoms with Crippen molar-refractivity contribution in [3.8, 4) is 0 Å². The van der Waals surface area contributed by atoms with E-state index in [0.29, 0.717) is 22.6 Å². The third-order valence-electron chi connectivity index (χ3n) is 3.46. The number of carbonyl (C=O) groups excluding carboxylic acids is 2. The van der Waals surface area contributed by atoms with E-state index in [2.05, 4.69) is 4.74 Å². The monoisotopic (exact) mass is 302 g/mol. The maximum absolute atomic E-state index is 12.0. The average molecular weight is 302 g/mol. The average Bonchev–Trinajstić information content (AvgIpc) is 2.87. The molecule has 1 aromatic carbocycles. The SMILES string of the molecule is COC(=O)c1cc(COC(=O)c2ccc(C)c(C)c2)oc1C. The highest BCUT2D eigenvalue weighted by molar-refractivity contribution is 5.91. The first-order chi connectivity index (χ1) is 10.4. The molecule has 0 aliphatic rings. The number of carbonyl (C=O) groups is 2. The molecule has 1 aromatic heterocycles. The van der Waals surface area contributed by atoms with E-state index in [1.807, 2.05) is 19.9 Å². The fourth-order valence-electron chi connectivity index (χ4n) is 2.02. The van der Waals surface area contributed by atoms with Gasteiger partial charge in [0.05, 0.1) is 12.7 Å². The number of ether oxygens (including phenoxy) is 2. The van der Waals surface area contributed by atoms with Gasteiger partial charge in [0.15, 0.2) is 0 Å². The predicted molar refractivity (Wildman–Crippen MR) is 79.8 cm³/mol. The highest BCUT2D eigenvalue weighted by atomic mass is 16.5. The molecular formula is C17H18O5. The Kier molecular flexibility index (Phi) is 4.65. The summed E-state index contributed by atoms with van der Waals surface area (Å²) in [5.74, 6) is -0.0797. The highest BCUT2D eigenvalue weighted by Gasteiger charge is 2.16. The number of rotatable bonds is 4. The predicted octanol–water partition coefficient (Wildman–Crippen LogP) is 3.35. The van der Waals surface area contributed by atoms with Crippen LogP contribution in [0.4, 0.5) is 0 Å². The summed E-state index contributed by atoms with van der Waals surface area (Å²) in [4.78, 5) is 23.5. The minimum Gasteiger partial charge on any atom is -0.465 e. The van der Waals surface area contributed by atoms with Gasteiger partial charge in [0.2, 0.25) is 0 Å². The molecule has 0 atom stereocenters. The first-order valence-corrected chi connectivity index (χ1v) is 6.84. The van der Waals surface area contributed by atoms with E-state index in [4.69, 9.17) is 9.15 Å². The Balaban J connectivity index is 2.05. The Morgan fingerprint density at radius 1 is 1.05 bits per heavy atom. The van der Waals surface area contributed by atoms with Crippen LogP contribution in [0, 0.1) is 20.8 Å². The van der Waals surface area contributed by atoms with Crippen molar-refractivity contribution in [3.63, 3.8) is 0 Å². The molecule has 0 aliphatic heterocycles. The van der Waals surface area contributed by atoms with Crippen molar-refractivity contribution in [1.29, 1.82) is 0 Å². The molecule has 0 fully saturated rings. The van der Waals surface area contributed by atoms with Gasteiger partial charge in [-0.3, -0.25) is 0 Å². The Bertz CT molecular complexity index is 712. The van der Waals surface area contributed by atoms with Gasteiger partial charge in [-0.05, 0) is 50.1 Å². The van der Waals surface area contributed by atoms with Crippen LogP contribution in [-0.4, -0.2) is 19.0 Å². The largest absolute Gasteiger partial charge is 0.465 e. The lowest BCUT2D eigenvalue weighted by atomic mass is 10.1. The Morgan fingerprint density at radius 3 is 2.41 bits per heavy atom. The van der Waals surface area contributed by atoms with Crippen LogP contribution < -0.4 is 0 Å². The van der Waals surface area contributed by atoms with Crippen LogP contribution in [0.15, 0.2) is 28.7 Å². The summed E-state index contributed by atoms with van der Waals surface area (Å²) in [6.45, 7) is 5.53. The fraction of sp³-hybridized carbons (Fsp3) is 0.294. The molecule has 116 valence electrons. The lowest BCUT2D eigenvalue weighted by molar-refractivity contribution is 0.0443. The van der Waals surface area contributed by atoms with E-state index in [1.54, 1.807) is 19.1 Å². The lowest BCUT2D eigenvalue weighted by Crippen LogP contribution is -2.05. The summed E-state index contributed by atoms with van der Waals surface area (Å²) in [6, 6.07) is 6.90. The van der Waals surface area contributed by atoms with E-state index in [-0.39, 0.29) is 6.61 Å². The topological polar surface area (TPSA) is 65.7 Å². The van der Waals surface area contributed by atoms with Crippen molar-refractivity contribution in [2.24, 2.45) is 0 Å². The molecule has 22 heavy (non-hydrogen) atoms. The van der Waals surface area contributed by atoms with Gasteiger partial charge in [0.25, 0.3) is 0 Å². The summed E-state index contributed by atoms with van der Waals surface area (Å²) in [5.41, 5.74) is 2.96. The highest BCUT2D eigenvalue weighted by Crippen LogP contribution is 2.17. The zero-order chi connectivity index (χ0) is 16.3. The molecule has 2 aromatic rings. The molecule has 0 radical (unpaired) electrons. The fourth-order valence-corrected chi connectivity index (χ4v) is 2.02. The standard InChI is InChI=1S/C17H18O5/c1-10-5-6-13(7-11(10)2)16(18)21-9-14-8-15(12(3)22-14)17(19)20-4/h5-8H,9H2,1-4H3. The Labute approximate surface area is 128 Å². The molecular weight excluding hydrogens is 284 g/mol. The van der Waals surface area contributed by atoms with Crippen molar-refractivity contribution >= 4 is 11.9 Å². The van der Waals surface area contributed by atoms with E-state index in [1.165, 1.54) is 13.2 Å². The van der Waals surface area contributed by atoms with Crippen LogP contribution in [0.3, 0.4) is 0 Å². The molecule has 0 spiro atoms. The first kappa shape index (κ1) is 15.8. The minimum absolute atomic E-state index is 0.0381. The molecule has 2 rings (SSSR count). The second-order valence-corrected chi connectivity index (χ2v) is 5.05. The molecule has 0 aliphatic carbocycles. The van der Waals surface area contributed by atoms with Crippen LogP contribution >= 0.6 is 0 Å². The van der Waals surface area contributed by atoms with Gasteiger partial charge < -0.3 is 13.9 Å². The Hall–Kier alpha value is -2.56. The normalized spacial score (nSPS) is 10.4. The number of hydrogen-bond donors (Lipinski definition) is 0. The number of furan rings is 1. The number of hydrogen-bond acceptors (Lipinski definition) is 5. The summed E-state index contributed by atoms with van der Waals surface area (Å²) >= 11 is 0. The van der Waals surface area contributed by atoms with Gasteiger partial charge in [0.1, 0.15) is 23.7 Å². The van der Waals surface area contributed by atoms with Gasteiger partial charge in [-0.2, -0.15) is 0 Å². The number of methoxy groups -OCH3 is 1. The van der Waals surface area contributed by atoms with Gasteiger partial charge in [-0.25, -0.2) is 9.59 Å². The summed E-state index contributed by atoms with van der Waals surface area (Å²) < 4.78 is 15.2. The molecule has 5 heteroatoms. The summed E-state index contributed by atoms with van der Waals surface area (Å²) in [7, 11) is 1.30. The Morgan fingerprint density at radius 2 is 1.77 bits per heavy atom. The van der Waals surface area contributed by atoms with Crippen LogP contribution in [0.25, 0.3) is 0 Å².